The molecular weight excluding hydrogens is 510 g/mol. The number of fused-ring (bicyclic) bond motifs is 6. The number of aromatic nitrogens is 2. The maximum absolute atomic E-state index is 13.6. The van der Waals surface area contributed by atoms with Crippen LogP contribution in [0.15, 0.2) is 73.1 Å². The number of hydrogen-bond donors (Lipinski definition) is 3. The van der Waals surface area contributed by atoms with Gasteiger partial charge in [-0.15, -0.1) is 0 Å². The van der Waals surface area contributed by atoms with Crippen molar-refractivity contribution in [2.75, 3.05) is 17.2 Å². The largest absolute Gasteiger partial charge is 0.464 e. The van der Waals surface area contributed by atoms with Crippen LogP contribution in [0.25, 0.3) is 21.8 Å². The van der Waals surface area contributed by atoms with Crippen LogP contribution in [0.3, 0.4) is 0 Å². The fourth-order valence-corrected chi connectivity index (χ4v) is 5.88. The lowest BCUT2D eigenvalue weighted by atomic mass is 10.0. The van der Waals surface area contributed by atoms with Crippen LogP contribution in [0.4, 0.5) is 17.1 Å². The average Bonchev–Trinajstić information content (AvgIpc) is 3.75. The topological polar surface area (TPSA) is 131 Å². The van der Waals surface area contributed by atoms with Crippen LogP contribution in [-0.4, -0.2) is 45.0 Å². The molecule has 0 spiro atoms. The van der Waals surface area contributed by atoms with Crippen LogP contribution in [0.2, 0.25) is 0 Å². The number of hydrogen-bond acceptors (Lipinski definition) is 7. The van der Waals surface area contributed by atoms with Crippen LogP contribution in [0, 0.1) is 10.1 Å². The normalized spacial score (nSPS) is 17.3. The van der Waals surface area contributed by atoms with E-state index in [1.807, 2.05) is 42.6 Å². The molecule has 2 aliphatic heterocycles. The molecule has 200 valence electrons. The second-order valence-corrected chi connectivity index (χ2v) is 10.2. The van der Waals surface area contributed by atoms with Gasteiger partial charge in [-0.2, -0.15) is 0 Å². The van der Waals surface area contributed by atoms with Gasteiger partial charge in [0, 0.05) is 71.5 Å². The van der Waals surface area contributed by atoms with Gasteiger partial charge in [0.25, 0.3) is 11.6 Å². The van der Waals surface area contributed by atoms with E-state index in [1.54, 1.807) is 22.9 Å². The molecule has 10 nitrogen and oxygen atoms in total. The average molecular weight is 536 g/mol. The molecule has 4 heterocycles. The molecule has 2 aromatic heterocycles. The van der Waals surface area contributed by atoms with Crippen molar-refractivity contribution in [3.05, 3.63) is 99.9 Å². The highest BCUT2D eigenvalue weighted by Gasteiger charge is 2.32. The van der Waals surface area contributed by atoms with Crippen LogP contribution >= 0.6 is 0 Å². The Kier molecular flexibility index (Phi) is 5.55. The third-order valence-corrected chi connectivity index (χ3v) is 7.91. The summed E-state index contributed by atoms with van der Waals surface area (Å²) in [7, 11) is 0. The van der Waals surface area contributed by atoms with Crippen molar-refractivity contribution in [2.45, 2.75) is 31.3 Å². The van der Waals surface area contributed by atoms with Gasteiger partial charge in [0.2, 0.25) is 0 Å². The third kappa shape index (κ3) is 3.96. The van der Waals surface area contributed by atoms with E-state index in [1.165, 1.54) is 12.1 Å². The molecule has 3 N–H and O–H groups in total. The number of anilines is 2. The van der Waals surface area contributed by atoms with Crippen LogP contribution in [0.5, 0.6) is 0 Å². The van der Waals surface area contributed by atoms with Gasteiger partial charge in [0.05, 0.1) is 17.0 Å². The number of nitro benzene ring substituents is 1. The van der Waals surface area contributed by atoms with E-state index in [9.17, 15) is 19.7 Å². The summed E-state index contributed by atoms with van der Waals surface area (Å²) in [5.74, 6) is -0.381. The quantitative estimate of drug-likeness (QED) is 0.161. The zero-order valence-electron chi connectivity index (χ0n) is 21.3. The summed E-state index contributed by atoms with van der Waals surface area (Å²) in [6, 6.07) is 17.2. The number of aromatic amines is 1. The van der Waals surface area contributed by atoms with E-state index in [2.05, 4.69) is 15.6 Å². The zero-order chi connectivity index (χ0) is 27.4. The maximum Gasteiger partial charge on any atom is 0.328 e. The first kappa shape index (κ1) is 24.0. The van der Waals surface area contributed by atoms with Crippen molar-refractivity contribution in [3.63, 3.8) is 0 Å². The fourth-order valence-electron chi connectivity index (χ4n) is 5.88. The van der Waals surface area contributed by atoms with Crippen molar-refractivity contribution < 1.29 is 19.2 Å². The first-order valence-electron chi connectivity index (χ1n) is 13.2. The number of ether oxygens (including phenoxy) is 1. The number of rotatable bonds is 6. The van der Waals surface area contributed by atoms with Gasteiger partial charge in [-0.1, -0.05) is 12.1 Å². The summed E-state index contributed by atoms with van der Waals surface area (Å²) < 4.78 is 7.21. The third-order valence-electron chi connectivity index (χ3n) is 7.91. The van der Waals surface area contributed by atoms with Gasteiger partial charge >= 0.3 is 5.97 Å². The molecule has 0 amide bonds. The number of nitrogens with one attached hydrogen (secondary N) is 3. The Morgan fingerprint density at radius 2 is 1.62 bits per heavy atom. The van der Waals surface area contributed by atoms with E-state index in [0.717, 1.165) is 49.9 Å². The number of nitrogens with zero attached hydrogens (tertiary/aromatic N) is 2. The highest BCUT2D eigenvalue weighted by atomic mass is 16.6. The monoisotopic (exact) mass is 535 g/mol. The van der Waals surface area contributed by atoms with E-state index in [-0.39, 0.29) is 30.2 Å². The SMILES string of the molecule is O=C(OCCc1ccc([N+](=O)[O-])cc1)C1Cc2c(ccc3c2ccn3C(=O)C2Cc3c(ccc4[nH]ccc34)N2)N1. The summed E-state index contributed by atoms with van der Waals surface area (Å²) in [5.41, 5.74) is 6.72. The molecule has 0 aliphatic carbocycles. The van der Waals surface area contributed by atoms with Crippen LogP contribution in [-0.2, 0) is 28.8 Å². The molecule has 5 aromatic rings. The number of benzene rings is 3. The minimum absolute atomic E-state index is 0.0250. The van der Waals surface area contributed by atoms with Crippen LogP contribution < -0.4 is 10.6 Å². The Bertz CT molecular complexity index is 1820. The van der Waals surface area contributed by atoms with E-state index >= 15 is 0 Å². The van der Waals surface area contributed by atoms with E-state index in [0.29, 0.717) is 19.3 Å². The minimum Gasteiger partial charge on any atom is -0.464 e. The molecule has 0 fully saturated rings. The Labute approximate surface area is 228 Å². The molecule has 10 heteroatoms. The number of non-ortho nitro benzene ring substituents is 1. The van der Waals surface area contributed by atoms with Gasteiger partial charge in [0.1, 0.15) is 12.1 Å². The second kappa shape index (κ2) is 9.26. The summed E-state index contributed by atoms with van der Waals surface area (Å²) in [6.45, 7) is 0.178. The predicted octanol–water partition coefficient (Wildman–Crippen LogP) is 4.83. The summed E-state index contributed by atoms with van der Waals surface area (Å²) in [5, 5.41) is 19.5. The van der Waals surface area contributed by atoms with Crippen molar-refractivity contribution in [1.82, 2.24) is 9.55 Å². The fraction of sp³-hybridized carbons (Fsp3) is 0.200. The molecule has 2 unspecified atom stereocenters. The van der Waals surface area contributed by atoms with E-state index < -0.39 is 11.0 Å². The molecule has 0 bridgehead atoms. The smallest absolute Gasteiger partial charge is 0.328 e. The molecule has 2 aliphatic rings. The van der Waals surface area contributed by atoms with Gasteiger partial charge in [0.15, 0.2) is 0 Å². The lowest BCUT2D eigenvalue weighted by Gasteiger charge is -2.12. The highest BCUT2D eigenvalue weighted by Crippen LogP contribution is 2.36. The number of H-pyrrole nitrogens is 1. The molecule has 2 atom stereocenters. The molecule has 7 rings (SSSR count). The number of carbonyl (C=O) groups excluding carboxylic acids is 2. The van der Waals surface area contributed by atoms with Crippen molar-refractivity contribution in [1.29, 1.82) is 0 Å². The summed E-state index contributed by atoms with van der Waals surface area (Å²) >= 11 is 0. The zero-order valence-corrected chi connectivity index (χ0v) is 21.3. The van der Waals surface area contributed by atoms with Crippen molar-refractivity contribution >= 4 is 50.7 Å². The summed E-state index contributed by atoms with van der Waals surface area (Å²) in [6.07, 6.45) is 5.26. The second-order valence-electron chi connectivity index (χ2n) is 10.2. The maximum atomic E-state index is 13.6. The molecule has 40 heavy (non-hydrogen) atoms. The molecule has 0 saturated carbocycles. The first-order chi connectivity index (χ1) is 19.5. The van der Waals surface area contributed by atoms with E-state index in [4.69, 9.17) is 4.74 Å². The van der Waals surface area contributed by atoms with Gasteiger partial charge < -0.3 is 20.4 Å². The Morgan fingerprint density at radius 3 is 2.42 bits per heavy atom. The minimum atomic E-state index is -0.522. The van der Waals surface area contributed by atoms with Gasteiger partial charge in [-0.05, 0) is 53.1 Å². The highest BCUT2D eigenvalue weighted by molar-refractivity contribution is 6.02. The Hall–Kier alpha value is -5.12. The molecule has 0 radical (unpaired) electrons. The lowest BCUT2D eigenvalue weighted by molar-refractivity contribution is -0.384. The Morgan fingerprint density at radius 1 is 0.900 bits per heavy atom. The number of esters is 1. The van der Waals surface area contributed by atoms with Crippen LogP contribution in [0.1, 0.15) is 21.5 Å². The van der Waals surface area contributed by atoms with Crippen molar-refractivity contribution in [2.24, 2.45) is 0 Å². The molecule has 3 aromatic carbocycles. The molecular formula is C30H25N5O5. The standard InChI is InChI=1S/C30H25N5O5/c36-29(26-15-21-19-9-12-31-23(19)5-6-24(21)32-26)34-13-10-20-22-16-27(33-25(22)7-8-28(20)34)30(37)40-14-11-17-1-3-18(4-2-17)35(38)39/h1-10,12-13,26-27,31-33H,11,14-16H2. The molecule has 0 saturated heterocycles. The van der Waals surface area contributed by atoms with Crippen molar-refractivity contribution in [3.8, 4) is 0 Å². The summed E-state index contributed by atoms with van der Waals surface area (Å²) in [4.78, 5) is 40.0. The number of carbonyl (C=O) groups is 2. The predicted molar refractivity (Wildman–Crippen MR) is 151 cm³/mol. The number of nitro groups is 1. The first-order valence-corrected chi connectivity index (χ1v) is 13.2. The Balaban J connectivity index is 1.02. The lowest BCUT2D eigenvalue weighted by Crippen LogP contribution is -2.31. The van der Waals surface area contributed by atoms with Gasteiger partial charge in [-0.25, -0.2) is 4.79 Å². The van der Waals surface area contributed by atoms with Gasteiger partial charge in [-0.3, -0.25) is 19.5 Å².